The van der Waals surface area contributed by atoms with Gasteiger partial charge in [0, 0.05) is 0 Å². The topological polar surface area (TPSA) is 68.3 Å². The van der Waals surface area contributed by atoms with Crippen molar-refractivity contribution in [1.82, 2.24) is 0 Å². The van der Waals surface area contributed by atoms with E-state index < -0.39 is 30.7 Å². The van der Waals surface area contributed by atoms with Gasteiger partial charge < -0.3 is 0 Å². The zero-order valence-electron chi connectivity index (χ0n) is 10.1. The van der Waals surface area contributed by atoms with E-state index in [9.17, 15) is 16.8 Å². The van der Waals surface area contributed by atoms with Gasteiger partial charge in [-0.25, -0.2) is 16.8 Å². The molecule has 0 saturated carbocycles. The summed E-state index contributed by atoms with van der Waals surface area (Å²) in [6, 6.07) is 6.52. The van der Waals surface area contributed by atoms with Crippen molar-refractivity contribution in [2.75, 3.05) is 5.75 Å². The molecule has 0 spiro atoms. The molecular weight excluding hydrogens is 272 g/mol. The first-order valence-corrected chi connectivity index (χ1v) is 8.71. The van der Waals surface area contributed by atoms with Crippen LogP contribution >= 0.6 is 0 Å². The third-order valence-corrected chi connectivity index (χ3v) is 7.17. The number of hydrogen-bond donors (Lipinski definition) is 0. The van der Waals surface area contributed by atoms with Crippen LogP contribution in [0.3, 0.4) is 0 Å². The molecule has 1 aromatic carbocycles. The minimum Gasteiger partial charge on any atom is -0.228 e. The minimum atomic E-state index is -3.63. The molecule has 0 radical (unpaired) electrons. The maximum absolute atomic E-state index is 12.2. The van der Waals surface area contributed by atoms with E-state index in [0.717, 1.165) is 0 Å². The maximum Gasteiger partial charge on any atom is 0.204 e. The van der Waals surface area contributed by atoms with E-state index in [1.807, 2.05) is 0 Å². The molecule has 0 atom stereocenters. The van der Waals surface area contributed by atoms with Gasteiger partial charge in [0.25, 0.3) is 0 Å². The Morgan fingerprint density at radius 1 is 1.17 bits per heavy atom. The van der Waals surface area contributed by atoms with Crippen molar-refractivity contribution in [3.63, 3.8) is 0 Å². The maximum atomic E-state index is 12.2. The van der Waals surface area contributed by atoms with Gasteiger partial charge in [0.05, 0.1) is 20.8 Å². The Morgan fingerprint density at radius 2 is 1.78 bits per heavy atom. The van der Waals surface area contributed by atoms with Crippen LogP contribution in [-0.2, 0) is 19.7 Å². The predicted molar refractivity (Wildman–Crippen MR) is 70.5 cm³/mol. The monoisotopic (exact) mass is 286 g/mol. The predicted octanol–water partition coefficient (Wildman–Crippen LogP) is 1.64. The third-order valence-electron chi connectivity index (χ3n) is 2.93. The average molecular weight is 286 g/mol. The van der Waals surface area contributed by atoms with Gasteiger partial charge in [0.1, 0.15) is 0 Å². The molecule has 1 heterocycles. The Balaban J connectivity index is 2.47. The fraction of sp³-hybridized carbons (Fsp3) is 0.333. The summed E-state index contributed by atoms with van der Waals surface area (Å²) in [4.78, 5) is 0.163. The third kappa shape index (κ3) is 2.10. The summed E-state index contributed by atoms with van der Waals surface area (Å²) in [5.41, 5.74) is 0.562. The molecule has 98 valence electrons. The van der Waals surface area contributed by atoms with E-state index in [4.69, 9.17) is 0 Å². The van der Waals surface area contributed by atoms with E-state index in [-0.39, 0.29) is 9.80 Å². The van der Waals surface area contributed by atoms with Gasteiger partial charge in [-0.15, -0.1) is 0 Å². The van der Waals surface area contributed by atoms with Crippen LogP contribution in [0.25, 0.3) is 6.08 Å². The lowest BCUT2D eigenvalue weighted by atomic mass is 10.2. The smallest absolute Gasteiger partial charge is 0.204 e. The fourth-order valence-electron chi connectivity index (χ4n) is 1.72. The van der Waals surface area contributed by atoms with Crippen molar-refractivity contribution in [3.8, 4) is 0 Å². The SMILES string of the molecule is CC(C)S(=O)(=O)CC1=Cc2ccccc2S1(=O)=O. The lowest BCUT2D eigenvalue weighted by molar-refractivity contribution is 0.587. The van der Waals surface area contributed by atoms with Gasteiger partial charge in [-0.3, -0.25) is 0 Å². The summed E-state index contributed by atoms with van der Waals surface area (Å²) >= 11 is 0. The second kappa shape index (κ2) is 4.20. The first-order chi connectivity index (χ1) is 8.25. The molecule has 0 fully saturated rings. The molecule has 1 aromatic rings. The van der Waals surface area contributed by atoms with E-state index in [0.29, 0.717) is 5.56 Å². The van der Waals surface area contributed by atoms with E-state index >= 15 is 0 Å². The van der Waals surface area contributed by atoms with Crippen molar-refractivity contribution < 1.29 is 16.8 Å². The lowest BCUT2D eigenvalue weighted by Crippen LogP contribution is -2.21. The van der Waals surface area contributed by atoms with Crippen molar-refractivity contribution in [1.29, 1.82) is 0 Å². The van der Waals surface area contributed by atoms with Gasteiger partial charge in [0.2, 0.25) is 9.84 Å². The molecule has 0 saturated heterocycles. The molecule has 0 N–H and O–H groups in total. The molecule has 2 rings (SSSR count). The largest absolute Gasteiger partial charge is 0.228 e. The van der Waals surface area contributed by atoms with Crippen LogP contribution in [-0.4, -0.2) is 27.8 Å². The van der Waals surface area contributed by atoms with Gasteiger partial charge in [-0.2, -0.15) is 0 Å². The summed E-state index contributed by atoms with van der Waals surface area (Å²) in [5.74, 6) is -0.429. The highest BCUT2D eigenvalue weighted by molar-refractivity contribution is 7.98. The van der Waals surface area contributed by atoms with Gasteiger partial charge in [0.15, 0.2) is 9.84 Å². The Hall–Kier alpha value is -1.14. The van der Waals surface area contributed by atoms with Crippen LogP contribution < -0.4 is 0 Å². The highest BCUT2D eigenvalue weighted by atomic mass is 32.2. The number of sulfone groups is 2. The number of benzene rings is 1. The Kier molecular flexibility index (Phi) is 3.11. The zero-order chi connectivity index (χ0) is 13.6. The fourth-order valence-corrected chi connectivity index (χ4v) is 4.91. The molecule has 0 aliphatic carbocycles. The molecule has 1 aliphatic heterocycles. The molecule has 6 heteroatoms. The van der Waals surface area contributed by atoms with Crippen molar-refractivity contribution in [2.24, 2.45) is 0 Å². The zero-order valence-corrected chi connectivity index (χ0v) is 11.8. The van der Waals surface area contributed by atoms with Crippen LogP contribution in [0.15, 0.2) is 34.1 Å². The molecule has 0 amide bonds. The number of fused-ring (bicyclic) bond motifs is 1. The van der Waals surface area contributed by atoms with Crippen LogP contribution in [0.1, 0.15) is 19.4 Å². The molecule has 0 bridgehead atoms. The van der Waals surface area contributed by atoms with Crippen molar-refractivity contribution in [3.05, 3.63) is 34.7 Å². The summed E-state index contributed by atoms with van der Waals surface area (Å²) in [6.45, 7) is 3.09. The summed E-state index contributed by atoms with van der Waals surface area (Å²) in [7, 11) is -7.05. The van der Waals surface area contributed by atoms with E-state index in [2.05, 4.69) is 0 Å². The minimum absolute atomic E-state index is 0.0302. The Bertz CT molecular complexity index is 710. The Morgan fingerprint density at radius 3 is 2.33 bits per heavy atom. The first kappa shape index (κ1) is 13.3. The van der Waals surface area contributed by atoms with E-state index in [1.165, 1.54) is 12.1 Å². The van der Waals surface area contributed by atoms with Crippen molar-refractivity contribution in [2.45, 2.75) is 24.0 Å². The second-order valence-electron chi connectivity index (χ2n) is 4.51. The van der Waals surface area contributed by atoms with E-state index in [1.54, 1.807) is 32.0 Å². The Labute approximate surface area is 107 Å². The highest BCUT2D eigenvalue weighted by Gasteiger charge is 2.33. The van der Waals surface area contributed by atoms with Crippen LogP contribution in [0, 0.1) is 0 Å². The van der Waals surface area contributed by atoms with Crippen molar-refractivity contribution >= 4 is 25.8 Å². The van der Waals surface area contributed by atoms with Gasteiger partial charge >= 0.3 is 0 Å². The molecule has 1 aliphatic rings. The van der Waals surface area contributed by atoms with Gasteiger partial charge in [-0.1, -0.05) is 18.2 Å². The molecule has 18 heavy (non-hydrogen) atoms. The molecule has 4 nitrogen and oxygen atoms in total. The number of hydrogen-bond acceptors (Lipinski definition) is 4. The summed E-state index contributed by atoms with van der Waals surface area (Å²) in [5, 5.41) is -0.586. The van der Waals surface area contributed by atoms with Crippen LogP contribution in [0.5, 0.6) is 0 Å². The standard InChI is InChI=1S/C12H14O4S2/c1-9(2)17(13,14)8-11-7-10-5-3-4-6-12(10)18(11,15)16/h3-7,9H,8H2,1-2H3. The molecular formula is C12H14O4S2. The second-order valence-corrected chi connectivity index (χ2v) is 9.04. The highest BCUT2D eigenvalue weighted by Crippen LogP contribution is 2.33. The molecule has 0 aromatic heterocycles. The average Bonchev–Trinajstić information content (AvgIpc) is 2.51. The quantitative estimate of drug-likeness (QED) is 0.847. The first-order valence-electron chi connectivity index (χ1n) is 5.51. The van der Waals surface area contributed by atoms with Crippen LogP contribution in [0.4, 0.5) is 0 Å². The lowest BCUT2D eigenvalue weighted by Gasteiger charge is -2.08. The van der Waals surface area contributed by atoms with Gasteiger partial charge in [-0.05, 0) is 31.6 Å². The normalized spacial score (nSPS) is 17.6. The summed E-state index contributed by atoms with van der Waals surface area (Å²) in [6.07, 6.45) is 1.45. The number of rotatable bonds is 3. The van der Waals surface area contributed by atoms with Crippen LogP contribution in [0.2, 0.25) is 0 Å². The summed E-state index contributed by atoms with van der Waals surface area (Å²) < 4.78 is 47.9. The molecule has 0 unspecified atom stereocenters.